The van der Waals surface area contributed by atoms with Gasteiger partial charge in [-0.3, -0.25) is 9.59 Å². The maximum atomic E-state index is 12.0. The number of halogens is 1. The van der Waals surface area contributed by atoms with Gasteiger partial charge in [0, 0.05) is 27.6 Å². The first-order valence-corrected chi connectivity index (χ1v) is 10.3. The third-order valence-corrected chi connectivity index (χ3v) is 6.34. The second-order valence-electron chi connectivity index (χ2n) is 7.50. The Morgan fingerprint density at radius 3 is 2.59 bits per heavy atom. The molecule has 1 saturated carbocycles. The molecule has 146 valence electrons. The first kappa shape index (κ1) is 19.9. The standard InChI is InChI=1S/C21H26BrNO4/c1-4-14(20(25)26)18-13(3)23(16-8-6-7-15(22)19(16)18)12-21(9-10-21)11-17(24)27-5-2/h6-8,14H,4-5,9-12H2,1-3H3,(H,25,26). The molecule has 0 radical (unpaired) electrons. The van der Waals surface area contributed by atoms with Crippen LogP contribution in [0.25, 0.3) is 10.9 Å². The van der Waals surface area contributed by atoms with Crippen molar-refractivity contribution in [3.05, 3.63) is 33.9 Å². The quantitative estimate of drug-likeness (QED) is 0.590. The zero-order valence-corrected chi connectivity index (χ0v) is 17.6. The zero-order chi connectivity index (χ0) is 19.8. The minimum absolute atomic E-state index is 0.0759. The van der Waals surface area contributed by atoms with E-state index in [1.807, 2.05) is 39.0 Å². The van der Waals surface area contributed by atoms with Crippen LogP contribution in [0.15, 0.2) is 22.7 Å². The minimum atomic E-state index is -0.803. The average molecular weight is 436 g/mol. The van der Waals surface area contributed by atoms with Gasteiger partial charge in [0.1, 0.15) is 0 Å². The number of ether oxygens (including phenoxy) is 1. The van der Waals surface area contributed by atoms with Crippen molar-refractivity contribution in [1.82, 2.24) is 4.57 Å². The molecule has 0 aliphatic heterocycles. The van der Waals surface area contributed by atoms with Gasteiger partial charge in [0.15, 0.2) is 0 Å². The summed E-state index contributed by atoms with van der Waals surface area (Å²) >= 11 is 3.62. The van der Waals surface area contributed by atoms with Gasteiger partial charge in [-0.25, -0.2) is 0 Å². The molecule has 27 heavy (non-hydrogen) atoms. The van der Waals surface area contributed by atoms with E-state index in [1.165, 1.54) is 0 Å². The Morgan fingerprint density at radius 2 is 2.04 bits per heavy atom. The summed E-state index contributed by atoms with van der Waals surface area (Å²) in [7, 11) is 0. The van der Waals surface area contributed by atoms with Crippen LogP contribution in [-0.2, 0) is 20.9 Å². The lowest BCUT2D eigenvalue weighted by molar-refractivity contribution is -0.144. The number of aliphatic carboxylic acids is 1. The van der Waals surface area contributed by atoms with Gasteiger partial charge >= 0.3 is 11.9 Å². The van der Waals surface area contributed by atoms with Gasteiger partial charge in [0.2, 0.25) is 0 Å². The fourth-order valence-corrected chi connectivity index (χ4v) is 4.63. The zero-order valence-electron chi connectivity index (χ0n) is 16.0. The first-order valence-electron chi connectivity index (χ1n) is 9.49. The summed E-state index contributed by atoms with van der Waals surface area (Å²) in [4.78, 5) is 23.9. The van der Waals surface area contributed by atoms with Crippen LogP contribution in [0, 0.1) is 12.3 Å². The molecule has 5 nitrogen and oxygen atoms in total. The van der Waals surface area contributed by atoms with Crippen molar-refractivity contribution in [2.45, 2.75) is 58.9 Å². The normalized spacial score (nSPS) is 16.3. The van der Waals surface area contributed by atoms with E-state index in [0.717, 1.165) is 39.5 Å². The number of carboxylic acid groups (broad SMARTS) is 1. The van der Waals surface area contributed by atoms with Crippen LogP contribution in [-0.4, -0.2) is 28.2 Å². The number of esters is 1. The summed E-state index contributed by atoms with van der Waals surface area (Å²) in [5.41, 5.74) is 2.79. The maximum absolute atomic E-state index is 12.0. The average Bonchev–Trinajstić information content (AvgIpc) is 3.30. The molecular formula is C21H26BrNO4. The van der Waals surface area contributed by atoms with Gasteiger partial charge in [0.25, 0.3) is 0 Å². The van der Waals surface area contributed by atoms with Gasteiger partial charge in [0.05, 0.1) is 18.9 Å². The molecule has 1 aromatic carbocycles. The molecule has 0 spiro atoms. The van der Waals surface area contributed by atoms with E-state index < -0.39 is 11.9 Å². The summed E-state index contributed by atoms with van der Waals surface area (Å²) in [5.74, 6) is -1.50. The smallest absolute Gasteiger partial charge is 0.311 e. The van der Waals surface area contributed by atoms with Crippen LogP contribution in [0.5, 0.6) is 0 Å². The Hall–Kier alpha value is -1.82. The van der Waals surface area contributed by atoms with Crippen molar-refractivity contribution < 1.29 is 19.4 Å². The molecule has 1 aliphatic carbocycles. The molecule has 1 heterocycles. The lowest BCUT2D eigenvalue weighted by atomic mass is 9.94. The topological polar surface area (TPSA) is 68.5 Å². The predicted molar refractivity (Wildman–Crippen MR) is 108 cm³/mol. The second-order valence-corrected chi connectivity index (χ2v) is 8.35. The first-order chi connectivity index (χ1) is 12.8. The van der Waals surface area contributed by atoms with E-state index in [-0.39, 0.29) is 11.4 Å². The molecule has 1 aliphatic rings. The number of hydrogen-bond acceptors (Lipinski definition) is 3. The van der Waals surface area contributed by atoms with Crippen molar-refractivity contribution in [3.8, 4) is 0 Å². The number of carbonyl (C=O) groups is 2. The molecule has 1 fully saturated rings. The molecule has 0 amide bonds. The van der Waals surface area contributed by atoms with Crippen molar-refractivity contribution in [2.75, 3.05) is 6.61 Å². The van der Waals surface area contributed by atoms with Gasteiger partial charge in [-0.1, -0.05) is 28.9 Å². The van der Waals surface area contributed by atoms with Crippen molar-refractivity contribution in [3.63, 3.8) is 0 Å². The fraction of sp³-hybridized carbons (Fsp3) is 0.524. The Labute approximate surface area is 167 Å². The number of hydrogen-bond donors (Lipinski definition) is 1. The number of fused-ring (bicyclic) bond motifs is 1. The van der Waals surface area contributed by atoms with E-state index in [0.29, 0.717) is 26.0 Å². The highest BCUT2D eigenvalue weighted by Gasteiger charge is 2.46. The van der Waals surface area contributed by atoms with Crippen molar-refractivity contribution in [2.24, 2.45) is 5.41 Å². The van der Waals surface area contributed by atoms with Crippen LogP contribution < -0.4 is 0 Å². The summed E-state index contributed by atoms with van der Waals surface area (Å²) in [6.45, 7) is 6.83. The van der Waals surface area contributed by atoms with Crippen molar-refractivity contribution >= 4 is 38.8 Å². The maximum Gasteiger partial charge on any atom is 0.311 e. The number of carboxylic acids is 1. The number of benzene rings is 1. The minimum Gasteiger partial charge on any atom is -0.481 e. The number of rotatable bonds is 8. The Morgan fingerprint density at radius 1 is 1.33 bits per heavy atom. The van der Waals surface area contributed by atoms with Gasteiger partial charge in [-0.15, -0.1) is 0 Å². The monoisotopic (exact) mass is 435 g/mol. The highest BCUT2D eigenvalue weighted by atomic mass is 79.9. The summed E-state index contributed by atoms with van der Waals surface area (Å²) in [6, 6.07) is 5.96. The lowest BCUT2D eigenvalue weighted by Crippen LogP contribution is -2.19. The molecule has 3 rings (SSSR count). The largest absolute Gasteiger partial charge is 0.481 e. The van der Waals surface area contributed by atoms with Crippen LogP contribution in [0.3, 0.4) is 0 Å². The molecule has 1 atom stereocenters. The fourth-order valence-electron chi connectivity index (χ4n) is 4.06. The van der Waals surface area contributed by atoms with Gasteiger partial charge in [-0.05, 0) is 56.2 Å². The van der Waals surface area contributed by atoms with Crippen LogP contribution in [0.4, 0.5) is 0 Å². The highest BCUT2D eigenvalue weighted by Crippen LogP contribution is 2.52. The van der Waals surface area contributed by atoms with E-state index >= 15 is 0 Å². The summed E-state index contributed by atoms with van der Waals surface area (Å²) in [6.07, 6.45) is 2.93. The highest BCUT2D eigenvalue weighted by molar-refractivity contribution is 9.10. The van der Waals surface area contributed by atoms with Gasteiger partial charge < -0.3 is 14.4 Å². The molecular weight excluding hydrogens is 410 g/mol. The molecule has 1 N–H and O–H groups in total. The molecule has 0 bridgehead atoms. The second kappa shape index (κ2) is 7.66. The van der Waals surface area contributed by atoms with Crippen LogP contribution >= 0.6 is 15.9 Å². The van der Waals surface area contributed by atoms with Crippen LogP contribution in [0.2, 0.25) is 0 Å². The summed E-state index contributed by atoms with van der Waals surface area (Å²) in [5, 5.41) is 10.7. The summed E-state index contributed by atoms with van der Waals surface area (Å²) < 4.78 is 8.26. The van der Waals surface area contributed by atoms with Crippen molar-refractivity contribution in [1.29, 1.82) is 0 Å². The lowest BCUT2D eigenvalue weighted by Gasteiger charge is -2.18. The number of carbonyl (C=O) groups excluding carboxylic acids is 1. The molecule has 1 unspecified atom stereocenters. The molecule has 2 aromatic rings. The van der Waals surface area contributed by atoms with E-state index in [9.17, 15) is 14.7 Å². The number of nitrogens with zero attached hydrogens (tertiary/aromatic N) is 1. The SMILES string of the molecule is CCOC(=O)CC1(Cn2c(C)c(C(CC)C(=O)O)c3c(Br)cccc32)CC1. The third kappa shape index (κ3) is 3.77. The number of aromatic nitrogens is 1. The van der Waals surface area contributed by atoms with E-state index in [1.54, 1.807) is 0 Å². The Bertz CT molecular complexity index is 882. The van der Waals surface area contributed by atoms with E-state index in [4.69, 9.17) is 4.74 Å². The Balaban J connectivity index is 2.07. The molecule has 0 saturated heterocycles. The molecule has 1 aromatic heterocycles. The Kier molecular flexibility index (Phi) is 5.65. The third-order valence-electron chi connectivity index (χ3n) is 5.68. The van der Waals surface area contributed by atoms with Gasteiger partial charge in [-0.2, -0.15) is 0 Å². The molecule has 6 heteroatoms. The van der Waals surface area contributed by atoms with Crippen LogP contribution in [0.1, 0.15) is 56.7 Å². The van der Waals surface area contributed by atoms with E-state index in [2.05, 4.69) is 20.5 Å². The predicted octanol–water partition coefficient (Wildman–Crippen LogP) is 5.02.